The van der Waals surface area contributed by atoms with Gasteiger partial charge in [-0.15, -0.1) is 5.10 Å². The second kappa shape index (κ2) is 2.85. The Morgan fingerprint density at radius 3 is 2.92 bits per heavy atom. The summed E-state index contributed by atoms with van der Waals surface area (Å²) in [6.07, 6.45) is 4.95. The van der Waals surface area contributed by atoms with Crippen LogP contribution in [0.2, 0.25) is 0 Å². The molecule has 2 rings (SSSR count). The van der Waals surface area contributed by atoms with Gasteiger partial charge < -0.3 is 5.73 Å². The van der Waals surface area contributed by atoms with Crippen molar-refractivity contribution in [2.45, 2.75) is 6.92 Å². The summed E-state index contributed by atoms with van der Waals surface area (Å²) in [5.41, 5.74) is 7.20. The predicted octanol–water partition coefficient (Wildman–Crippen LogP) is 0.553. The van der Waals surface area contributed by atoms with E-state index in [1.165, 1.54) is 0 Å². The number of hydrogen-bond acceptors (Lipinski definition) is 4. The summed E-state index contributed by atoms with van der Waals surface area (Å²) < 4.78 is 1.61. The fourth-order valence-corrected chi connectivity index (χ4v) is 1.15. The van der Waals surface area contributed by atoms with E-state index in [4.69, 9.17) is 5.73 Å². The molecule has 0 aliphatic rings. The number of nitrogen functional groups attached to an aromatic ring is 1. The van der Waals surface area contributed by atoms with E-state index in [1.807, 2.05) is 13.0 Å². The molecule has 0 saturated carbocycles. The topological polar surface area (TPSA) is 69.6 Å². The number of anilines is 1. The molecule has 0 atom stereocenters. The zero-order valence-corrected chi connectivity index (χ0v) is 7.18. The van der Waals surface area contributed by atoms with Crippen molar-refractivity contribution in [2.75, 3.05) is 5.73 Å². The summed E-state index contributed by atoms with van der Waals surface area (Å²) in [5, 5.41) is 7.54. The second-order valence-corrected chi connectivity index (χ2v) is 2.76. The van der Waals surface area contributed by atoms with Gasteiger partial charge in [0.2, 0.25) is 0 Å². The Labute approximate surface area is 75.2 Å². The lowest BCUT2D eigenvalue weighted by Gasteiger charge is -2.03. The molecule has 0 bridgehead atoms. The van der Waals surface area contributed by atoms with Crippen molar-refractivity contribution >= 4 is 5.69 Å². The van der Waals surface area contributed by atoms with Crippen LogP contribution in [0, 0.1) is 6.92 Å². The first kappa shape index (κ1) is 7.72. The first-order valence-corrected chi connectivity index (χ1v) is 3.86. The number of hydrogen-bond donors (Lipinski definition) is 1. The van der Waals surface area contributed by atoms with Gasteiger partial charge in [0.15, 0.2) is 5.82 Å². The van der Waals surface area contributed by atoms with Gasteiger partial charge in [0.05, 0.1) is 24.3 Å². The number of pyridine rings is 1. The Morgan fingerprint density at radius 2 is 2.31 bits per heavy atom. The van der Waals surface area contributed by atoms with E-state index in [-0.39, 0.29) is 0 Å². The van der Waals surface area contributed by atoms with Crippen LogP contribution < -0.4 is 5.73 Å². The van der Waals surface area contributed by atoms with Gasteiger partial charge >= 0.3 is 0 Å². The van der Waals surface area contributed by atoms with Crippen LogP contribution in [0.1, 0.15) is 5.56 Å². The number of nitrogens with two attached hydrogens (primary N) is 1. The average Bonchev–Trinajstić information content (AvgIpc) is 2.56. The van der Waals surface area contributed by atoms with Crippen molar-refractivity contribution < 1.29 is 0 Å². The summed E-state index contributed by atoms with van der Waals surface area (Å²) in [5.74, 6) is 0.756. The van der Waals surface area contributed by atoms with Crippen molar-refractivity contribution in [3.63, 3.8) is 0 Å². The van der Waals surface area contributed by atoms with Crippen LogP contribution in [0.15, 0.2) is 24.7 Å². The molecule has 0 spiro atoms. The van der Waals surface area contributed by atoms with E-state index in [9.17, 15) is 0 Å². The molecular weight excluding hydrogens is 166 g/mol. The molecule has 2 aromatic rings. The Bertz CT molecular complexity index is 406. The average molecular weight is 175 g/mol. The molecule has 0 saturated heterocycles. The molecule has 0 aromatic carbocycles. The van der Waals surface area contributed by atoms with Crippen LogP contribution in [-0.4, -0.2) is 20.0 Å². The number of nitrogens with zero attached hydrogens (tertiary/aromatic N) is 4. The van der Waals surface area contributed by atoms with Crippen LogP contribution >= 0.6 is 0 Å². The normalized spacial score (nSPS) is 10.2. The molecule has 5 nitrogen and oxygen atoms in total. The fourth-order valence-electron chi connectivity index (χ4n) is 1.15. The van der Waals surface area contributed by atoms with Crippen molar-refractivity contribution in [3.8, 4) is 5.82 Å². The summed E-state index contributed by atoms with van der Waals surface area (Å²) >= 11 is 0. The third kappa shape index (κ3) is 1.35. The summed E-state index contributed by atoms with van der Waals surface area (Å²) in [4.78, 5) is 4.16. The summed E-state index contributed by atoms with van der Waals surface area (Å²) in [6, 6.07) is 1.85. The first-order valence-electron chi connectivity index (χ1n) is 3.86. The van der Waals surface area contributed by atoms with E-state index in [0.29, 0.717) is 5.69 Å². The van der Waals surface area contributed by atoms with Gasteiger partial charge in [0.25, 0.3) is 0 Å². The molecule has 5 heteroatoms. The van der Waals surface area contributed by atoms with E-state index >= 15 is 0 Å². The number of rotatable bonds is 1. The SMILES string of the molecule is Cc1cc(N)cnc1-n1ccnn1. The number of aryl methyl sites for hydroxylation is 1. The lowest BCUT2D eigenvalue weighted by Crippen LogP contribution is -2.02. The maximum absolute atomic E-state index is 5.57. The molecule has 2 aromatic heterocycles. The minimum absolute atomic E-state index is 0.654. The van der Waals surface area contributed by atoms with Gasteiger partial charge in [0.1, 0.15) is 0 Å². The highest BCUT2D eigenvalue weighted by Crippen LogP contribution is 2.11. The Hall–Kier alpha value is -1.91. The minimum atomic E-state index is 0.654. The quantitative estimate of drug-likeness (QED) is 0.687. The maximum atomic E-state index is 5.57. The smallest absolute Gasteiger partial charge is 0.158 e. The molecule has 0 amide bonds. The summed E-state index contributed by atoms with van der Waals surface area (Å²) in [7, 11) is 0. The standard InChI is InChI=1S/C8H9N5/c1-6-4-7(9)5-10-8(6)13-3-2-11-12-13/h2-5H,9H2,1H3. The van der Waals surface area contributed by atoms with Crippen LogP contribution in [-0.2, 0) is 0 Å². The molecule has 0 radical (unpaired) electrons. The fraction of sp³-hybridized carbons (Fsp3) is 0.125. The maximum Gasteiger partial charge on any atom is 0.158 e. The molecule has 66 valence electrons. The van der Waals surface area contributed by atoms with Crippen molar-refractivity contribution in [3.05, 3.63) is 30.2 Å². The van der Waals surface area contributed by atoms with Crippen LogP contribution in [0.3, 0.4) is 0 Å². The lowest BCUT2D eigenvalue weighted by molar-refractivity contribution is 0.776. The molecule has 0 aliphatic heterocycles. The highest BCUT2D eigenvalue weighted by atomic mass is 15.4. The van der Waals surface area contributed by atoms with Crippen LogP contribution in [0.25, 0.3) is 5.82 Å². The third-order valence-corrected chi connectivity index (χ3v) is 1.71. The Balaban J connectivity index is 2.53. The molecule has 0 aliphatic carbocycles. The Kier molecular flexibility index (Phi) is 1.70. The zero-order valence-electron chi connectivity index (χ0n) is 7.18. The van der Waals surface area contributed by atoms with Crippen molar-refractivity contribution in [1.82, 2.24) is 20.0 Å². The van der Waals surface area contributed by atoms with Crippen molar-refractivity contribution in [2.24, 2.45) is 0 Å². The molecular formula is C8H9N5. The largest absolute Gasteiger partial charge is 0.397 e. The second-order valence-electron chi connectivity index (χ2n) is 2.76. The lowest BCUT2D eigenvalue weighted by atomic mass is 10.3. The molecule has 2 heterocycles. The van der Waals surface area contributed by atoms with Gasteiger partial charge in [-0.3, -0.25) is 0 Å². The van der Waals surface area contributed by atoms with Gasteiger partial charge in [-0.1, -0.05) is 5.21 Å². The predicted molar refractivity (Wildman–Crippen MR) is 48.3 cm³/mol. The van der Waals surface area contributed by atoms with E-state index in [1.54, 1.807) is 23.3 Å². The Morgan fingerprint density at radius 1 is 1.46 bits per heavy atom. The molecule has 2 N–H and O–H groups in total. The van der Waals surface area contributed by atoms with Crippen molar-refractivity contribution in [1.29, 1.82) is 0 Å². The number of aromatic nitrogens is 4. The molecule has 0 fully saturated rings. The van der Waals surface area contributed by atoms with Crippen LogP contribution in [0.4, 0.5) is 5.69 Å². The first-order chi connectivity index (χ1) is 6.27. The van der Waals surface area contributed by atoms with Gasteiger partial charge in [-0.2, -0.15) is 0 Å². The highest BCUT2D eigenvalue weighted by molar-refractivity contribution is 5.44. The van der Waals surface area contributed by atoms with E-state index in [2.05, 4.69) is 15.3 Å². The monoisotopic (exact) mass is 175 g/mol. The van der Waals surface area contributed by atoms with Gasteiger partial charge in [0, 0.05) is 0 Å². The van der Waals surface area contributed by atoms with Crippen LogP contribution in [0.5, 0.6) is 0 Å². The third-order valence-electron chi connectivity index (χ3n) is 1.71. The minimum Gasteiger partial charge on any atom is -0.397 e. The van der Waals surface area contributed by atoms with E-state index < -0.39 is 0 Å². The zero-order chi connectivity index (χ0) is 9.26. The highest BCUT2D eigenvalue weighted by Gasteiger charge is 2.02. The van der Waals surface area contributed by atoms with Gasteiger partial charge in [-0.25, -0.2) is 9.67 Å². The molecule has 13 heavy (non-hydrogen) atoms. The summed E-state index contributed by atoms with van der Waals surface area (Å²) in [6.45, 7) is 1.93. The molecule has 0 unspecified atom stereocenters. The van der Waals surface area contributed by atoms with E-state index in [0.717, 1.165) is 11.4 Å². The van der Waals surface area contributed by atoms with Gasteiger partial charge in [-0.05, 0) is 18.6 Å².